The van der Waals surface area contributed by atoms with Crippen molar-refractivity contribution in [2.24, 2.45) is 11.8 Å². The molecule has 1 saturated carbocycles. The summed E-state index contributed by atoms with van der Waals surface area (Å²) in [6.45, 7) is 3.19. The Morgan fingerprint density at radius 1 is 1.39 bits per heavy atom. The van der Waals surface area contributed by atoms with Gasteiger partial charge in [-0.05, 0) is 49.4 Å². The smallest absolute Gasteiger partial charge is 0.127 e. The molecule has 0 aromatic heterocycles. The number of nitrogens with one attached hydrogen (secondary N) is 1. The summed E-state index contributed by atoms with van der Waals surface area (Å²) < 4.78 is 7.03. The lowest BCUT2D eigenvalue weighted by Gasteiger charge is -2.25. The minimum atomic E-state index is 0.404. The van der Waals surface area contributed by atoms with E-state index in [-0.39, 0.29) is 0 Å². The summed E-state index contributed by atoms with van der Waals surface area (Å²) in [5, 5.41) is 3.50. The summed E-state index contributed by atoms with van der Waals surface area (Å²) in [6.07, 6.45) is 3.81. The van der Waals surface area contributed by atoms with E-state index in [1.54, 1.807) is 0 Å². The van der Waals surface area contributed by atoms with Gasteiger partial charge in [-0.3, -0.25) is 0 Å². The van der Waals surface area contributed by atoms with Gasteiger partial charge >= 0.3 is 0 Å². The summed E-state index contributed by atoms with van der Waals surface area (Å²) >= 11 is 3.63. The van der Waals surface area contributed by atoms with Crippen LogP contribution in [0.25, 0.3) is 0 Å². The highest BCUT2D eigenvalue weighted by molar-refractivity contribution is 9.10. The summed E-state index contributed by atoms with van der Waals surface area (Å²) in [4.78, 5) is 0. The molecule has 1 aromatic rings. The number of benzene rings is 1. The van der Waals surface area contributed by atoms with E-state index in [9.17, 15) is 0 Å². The van der Waals surface area contributed by atoms with Gasteiger partial charge in [-0.1, -0.05) is 22.9 Å². The van der Waals surface area contributed by atoms with E-state index in [0.29, 0.717) is 12.0 Å². The molecule has 2 nitrogen and oxygen atoms in total. The molecule has 18 heavy (non-hydrogen) atoms. The van der Waals surface area contributed by atoms with Gasteiger partial charge in [0.1, 0.15) is 5.75 Å². The molecule has 1 heterocycles. The van der Waals surface area contributed by atoms with Gasteiger partial charge in [0.25, 0.3) is 0 Å². The quantitative estimate of drug-likeness (QED) is 0.916. The molecule has 3 rings (SSSR count). The molecule has 3 heteroatoms. The number of hydrogen-bond acceptors (Lipinski definition) is 2. The standard InChI is InChI=1S/C15H20BrNO/c1-9(10-3-4-10)14(17-2)13-8-12(16)7-11-5-6-18-15(11)13/h7-10,14,17H,3-6H2,1-2H3. The van der Waals surface area contributed by atoms with Crippen LogP contribution in [0.4, 0.5) is 0 Å². The average Bonchev–Trinajstić information content (AvgIpc) is 3.09. The lowest BCUT2D eigenvalue weighted by atomic mass is 9.89. The van der Waals surface area contributed by atoms with Gasteiger partial charge in [0.2, 0.25) is 0 Å². The van der Waals surface area contributed by atoms with Gasteiger partial charge in [0, 0.05) is 22.5 Å². The first-order valence-corrected chi connectivity index (χ1v) is 7.62. The van der Waals surface area contributed by atoms with E-state index in [2.05, 4.69) is 47.4 Å². The second-order valence-electron chi connectivity index (χ2n) is 5.54. The first kappa shape index (κ1) is 12.5. The maximum atomic E-state index is 5.86. The zero-order chi connectivity index (χ0) is 12.7. The van der Waals surface area contributed by atoms with Crippen LogP contribution in [0.5, 0.6) is 5.75 Å². The molecule has 1 fully saturated rings. The van der Waals surface area contributed by atoms with Crippen molar-refractivity contribution >= 4 is 15.9 Å². The summed E-state index contributed by atoms with van der Waals surface area (Å²) in [5.74, 6) is 2.70. The Balaban J connectivity index is 1.98. The number of rotatable bonds is 4. The van der Waals surface area contributed by atoms with Crippen LogP contribution in [-0.2, 0) is 6.42 Å². The van der Waals surface area contributed by atoms with Crippen molar-refractivity contribution in [3.8, 4) is 5.75 Å². The third kappa shape index (κ3) is 2.19. The molecule has 2 aliphatic rings. The molecule has 0 amide bonds. The van der Waals surface area contributed by atoms with E-state index >= 15 is 0 Å². The summed E-state index contributed by atoms with van der Waals surface area (Å²) in [7, 11) is 2.06. The van der Waals surface area contributed by atoms with Crippen molar-refractivity contribution in [3.05, 3.63) is 27.7 Å². The zero-order valence-electron chi connectivity index (χ0n) is 11.0. The van der Waals surface area contributed by atoms with Crippen LogP contribution in [-0.4, -0.2) is 13.7 Å². The lowest BCUT2D eigenvalue weighted by molar-refractivity contribution is 0.327. The van der Waals surface area contributed by atoms with Crippen LogP contribution in [0, 0.1) is 11.8 Å². The van der Waals surface area contributed by atoms with E-state index < -0.39 is 0 Å². The number of halogens is 1. The van der Waals surface area contributed by atoms with Crippen molar-refractivity contribution in [1.82, 2.24) is 5.32 Å². The number of hydrogen-bond donors (Lipinski definition) is 1. The highest BCUT2D eigenvalue weighted by atomic mass is 79.9. The highest BCUT2D eigenvalue weighted by Crippen LogP contribution is 2.46. The minimum Gasteiger partial charge on any atom is -0.493 e. The number of fused-ring (bicyclic) bond motifs is 1. The van der Waals surface area contributed by atoms with Crippen molar-refractivity contribution < 1.29 is 4.74 Å². The fraction of sp³-hybridized carbons (Fsp3) is 0.600. The fourth-order valence-electron chi connectivity index (χ4n) is 3.12. The van der Waals surface area contributed by atoms with E-state index in [1.165, 1.54) is 28.4 Å². The molecule has 2 unspecified atom stereocenters. The lowest BCUT2D eigenvalue weighted by Crippen LogP contribution is -2.25. The van der Waals surface area contributed by atoms with E-state index in [1.807, 2.05) is 0 Å². The predicted octanol–water partition coefficient (Wildman–Crippen LogP) is 3.69. The molecule has 1 N–H and O–H groups in total. The van der Waals surface area contributed by atoms with Crippen molar-refractivity contribution in [2.45, 2.75) is 32.2 Å². The molecule has 1 aromatic carbocycles. The topological polar surface area (TPSA) is 21.3 Å². The highest BCUT2D eigenvalue weighted by Gasteiger charge is 2.35. The van der Waals surface area contributed by atoms with Crippen molar-refractivity contribution in [2.75, 3.05) is 13.7 Å². The number of ether oxygens (including phenoxy) is 1. The van der Waals surface area contributed by atoms with Gasteiger partial charge in [-0.2, -0.15) is 0 Å². The molecule has 1 aliphatic carbocycles. The Labute approximate surface area is 117 Å². The predicted molar refractivity (Wildman–Crippen MR) is 77.0 cm³/mol. The van der Waals surface area contributed by atoms with E-state index in [4.69, 9.17) is 4.74 Å². The third-order valence-electron chi connectivity index (χ3n) is 4.31. The maximum absolute atomic E-state index is 5.86. The maximum Gasteiger partial charge on any atom is 0.127 e. The Bertz CT molecular complexity index is 456. The fourth-order valence-corrected chi connectivity index (χ4v) is 3.65. The van der Waals surface area contributed by atoms with Crippen LogP contribution >= 0.6 is 15.9 Å². The van der Waals surface area contributed by atoms with Crippen molar-refractivity contribution in [1.29, 1.82) is 0 Å². The Hall–Kier alpha value is -0.540. The Morgan fingerprint density at radius 3 is 2.83 bits per heavy atom. The minimum absolute atomic E-state index is 0.404. The molecule has 0 spiro atoms. The molecule has 98 valence electrons. The monoisotopic (exact) mass is 309 g/mol. The Kier molecular flexibility index (Phi) is 3.37. The van der Waals surface area contributed by atoms with Crippen LogP contribution in [0.15, 0.2) is 16.6 Å². The molecular formula is C15H20BrNO. The van der Waals surface area contributed by atoms with Gasteiger partial charge < -0.3 is 10.1 Å². The van der Waals surface area contributed by atoms with Crippen LogP contribution in [0.3, 0.4) is 0 Å². The Morgan fingerprint density at radius 2 is 2.17 bits per heavy atom. The molecule has 0 saturated heterocycles. The molecule has 2 atom stereocenters. The van der Waals surface area contributed by atoms with Crippen molar-refractivity contribution in [3.63, 3.8) is 0 Å². The largest absolute Gasteiger partial charge is 0.493 e. The average molecular weight is 310 g/mol. The molecule has 1 aliphatic heterocycles. The normalized spacial score (nSPS) is 21.3. The first-order valence-electron chi connectivity index (χ1n) is 6.83. The van der Waals surface area contributed by atoms with Gasteiger partial charge in [0.05, 0.1) is 6.61 Å². The SMILES string of the molecule is CNC(c1cc(Br)cc2c1OCC2)C(C)C1CC1. The second kappa shape index (κ2) is 4.86. The van der Waals surface area contributed by atoms with Gasteiger partial charge in [0.15, 0.2) is 0 Å². The van der Waals surface area contributed by atoms with Crippen LogP contribution in [0.1, 0.15) is 36.9 Å². The van der Waals surface area contributed by atoms with Gasteiger partial charge in [-0.25, -0.2) is 0 Å². The summed E-state index contributed by atoms with van der Waals surface area (Å²) in [6, 6.07) is 4.83. The first-order chi connectivity index (χ1) is 8.70. The molecular weight excluding hydrogens is 290 g/mol. The third-order valence-corrected chi connectivity index (χ3v) is 4.77. The van der Waals surface area contributed by atoms with E-state index in [0.717, 1.165) is 24.7 Å². The van der Waals surface area contributed by atoms with Gasteiger partial charge in [-0.15, -0.1) is 0 Å². The second-order valence-corrected chi connectivity index (χ2v) is 6.46. The molecule has 0 bridgehead atoms. The zero-order valence-corrected chi connectivity index (χ0v) is 12.6. The molecule has 0 radical (unpaired) electrons. The van der Waals surface area contributed by atoms with Crippen LogP contribution < -0.4 is 10.1 Å². The summed E-state index contributed by atoms with van der Waals surface area (Å²) in [5.41, 5.74) is 2.68. The van der Waals surface area contributed by atoms with Crippen LogP contribution in [0.2, 0.25) is 0 Å².